The topological polar surface area (TPSA) is 117 Å². The number of hydrogen-bond acceptors (Lipinski definition) is 8. The van der Waals surface area contributed by atoms with E-state index in [0.29, 0.717) is 0 Å². The van der Waals surface area contributed by atoms with Crippen LogP contribution in [0, 0.1) is 5.92 Å². The van der Waals surface area contributed by atoms with Crippen LogP contribution in [0.3, 0.4) is 0 Å². The fourth-order valence-electron chi connectivity index (χ4n) is 1.55. The third-order valence-corrected chi connectivity index (χ3v) is 2.57. The summed E-state index contributed by atoms with van der Waals surface area (Å²) in [6, 6.07) is -1.39. The Hall–Kier alpha value is -2.16. The Kier molecular flexibility index (Phi) is 8.70. The normalized spacial score (nSPS) is 12.8. The lowest BCUT2D eigenvalue weighted by Crippen LogP contribution is -2.51. The quantitative estimate of drug-likeness (QED) is 0.432. The highest BCUT2D eigenvalue weighted by atomic mass is 16.5. The van der Waals surface area contributed by atoms with Crippen LogP contribution in [-0.2, 0) is 38.1 Å². The van der Waals surface area contributed by atoms with E-state index in [0.717, 1.165) is 21.3 Å². The zero-order chi connectivity index (χ0) is 16.4. The maximum Gasteiger partial charge on any atom is 0.329 e. The molecule has 0 aromatic rings. The van der Waals surface area contributed by atoms with Gasteiger partial charge in [-0.3, -0.25) is 14.4 Å². The molecule has 9 nitrogen and oxygen atoms in total. The van der Waals surface area contributed by atoms with Crippen molar-refractivity contribution in [3.8, 4) is 0 Å². The first-order valence-electron chi connectivity index (χ1n) is 5.92. The summed E-state index contributed by atoms with van der Waals surface area (Å²) in [5.74, 6) is -4.39. The molecule has 0 aromatic heterocycles. The summed E-state index contributed by atoms with van der Waals surface area (Å²) in [6.07, 6.45) is -0.448. The molecule has 0 saturated carbocycles. The van der Waals surface area contributed by atoms with E-state index in [2.05, 4.69) is 24.3 Å². The predicted octanol–water partition coefficient (Wildman–Crippen LogP) is -1.36. The Morgan fingerprint density at radius 3 is 1.90 bits per heavy atom. The highest BCUT2D eigenvalue weighted by molar-refractivity contribution is 5.91. The maximum absolute atomic E-state index is 11.7. The number of carbonyl (C=O) groups excluding carboxylic acids is 4. The Morgan fingerprint density at radius 2 is 1.48 bits per heavy atom. The fraction of sp³-hybridized carbons (Fsp3) is 0.667. The minimum Gasteiger partial charge on any atom is -0.469 e. The summed E-state index contributed by atoms with van der Waals surface area (Å²) in [7, 11) is 4.61. The molecular formula is C12H19NO8. The first-order valence-corrected chi connectivity index (χ1v) is 5.92. The number of ether oxygens (including phenoxy) is 4. The molecule has 0 bridgehead atoms. The van der Waals surface area contributed by atoms with Gasteiger partial charge in [0.15, 0.2) is 0 Å². The number of hydrogen-bond donors (Lipinski definition) is 1. The molecule has 0 heterocycles. The van der Waals surface area contributed by atoms with Crippen LogP contribution in [0.25, 0.3) is 0 Å². The molecule has 2 atom stereocenters. The van der Waals surface area contributed by atoms with Crippen molar-refractivity contribution in [1.82, 2.24) is 5.32 Å². The van der Waals surface area contributed by atoms with Crippen molar-refractivity contribution in [2.75, 3.05) is 35.0 Å². The zero-order valence-corrected chi connectivity index (χ0v) is 12.3. The minimum atomic E-state index is -1.39. The van der Waals surface area contributed by atoms with E-state index in [-0.39, 0.29) is 6.61 Å². The van der Waals surface area contributed by atoms with E-state index in [1.165, 1.54) is 7.11 Å². The van der Waals surface area contributed by atoms with Crippen molar-refractivity contribution in [3.63, 3.8) is 0 Å². The molecule has 0 aliphatic heterocycles. The van der Waals surface area contributed by atoms with Crippen LogP contribution in [0.4, 0.5) is 0 Å². The summed E-state index contributed by atoms with van der Waals surface area (Å²) in [4.78, 5) is 46.4. The third-order valence-electron chi connectivity index (χ3n) is 2.57. The molecule has 0 aromatic carbocycles. The van der Waals surface area contributed by atoms with Crippen LogP contribution >= 0.6 is 0 Å². The Balaban J connectivity index is 5.25. The lowest BCUT2D eigenvalue weighted by atomic mass is 9.96. The second kappa shape index (κ2) is 9.70. The van der Waals surface area contributed by atoms with Crippen LogP contribution in [0.1, 0.15) is 6.42 Å². The molecule has 0 rings (SSSR count). The van der Waals surface area contributed by atoms with Crippen molar-refractivity contribution in [3.05, 3.63) is 0 Å². The number of rotatable bonds is 8. The van der Waals surface area contributed by atoms with Gasteiger partial charge in [0.1, 0.15) is 12.6 Å². The first-order chi connectivity index (χ1) is 9.90. The van der Waals surface area contributed by atoms with Gasteiger partial charge in [-0.2, -0.15) is 0 Å². The van der Waals surface area contributed by atoms with E-state index in [1.807, 2.05) is 0 Å². The number of nitrogens with one attached hydrogen (secondary N) is 1. The van der Waals surface area contributed by atoms with Gasteiger partial charge < -0.3 is 24.3 Å². The molecule has 0 spiro atoms. The smallest absolute Gasteiger partial charge is 0.329 e. The molecule has 120 valence electrons. The van der Waals surface area contributed by atoms with E-state index < -0.39 is 42.2 Å². The summed E-state index contributed by atoms with van der Waals surface area (Å²) in [5, 5.41) is 2.27. The molecule has 0 radical (unpaired) electrons. The predicted molar refractivity (Wildman–Crippen MR) is 68.0 cm³/mol. The molecule has 1 N–H and O–H groups in total. The van der Waals surface area contributed by atoms with Crippen LogP contribution in [0.5, 0.6) is 0 Å². The van der Waals surface area contributed by atoms with Gasteiger partial charge in [0.2, 0.25) is 5.91 Å². The molecule has 0 fully saturated rings. The van der Waals surface area contributed by atoms with Gasteiger partial charge in [0.25, 0.3) is 0 Å². The largest absolute Gasteiger partial charge is 0.469 e. The van der Waals surface area contributed by atoms with Crippen LogP contribution in [0.15, 0.2) is 0 Å². The molecule has 0 aliphatic carbocycles. The van der Waals surface area contributed by atoms with Gasteiger partial charge in [-0.25, -0.2) is 4.79 Å². The summed E-state index contributed by atoms with van der Waals surface area (Å²) >= 11 is 0. The van der Waals surface area contributed by atoms with Gasteiger partial charge in [0.05, 0.1) is 33.7 Å². The fourth-order valence-corrected chi connectivity index (χ4v) is 1.55. The van der Waals surface area contributed by atoms with Gasteiger partial charge in [-0.15, -0.1) is 0 Å². The standard InChI is InChI=1S/C12H19NO8/c1-18-6-8(14)13-10(12(17)21-4)7(11(16)20-3)5-9(15)19-2/h7,10H,5-6H2,1-4H3,(H,13,14)/t7-,10-/m1/s1. The monoisotopic (exact) mass is 305 g/mol. The van der Waals surface area contributed by atoms with Crippen molar-refractivity contribution < 1.29 is 38.1 Å². The third kappa shape index (κ3) is 6.21. The van der Waals surface area contributed by atoms with Gasteiger partial charge in [0, 0.05) is 7.11 Å². The molecular weight excluding hydrogens is 286 g/mol. The van der Waals surface area contributed by atoms with Crippen molar-refractivity contribution in [2.45, 2.75) is 12.5 Å². The van der Waals surface area contributed by atoms with E-state index in [9.17, 15) is 19.2 Å². The van der Waals surface area contributed by atoms with Gasteiger partial charge >= 0.3 is 17.9 Å². The second-order valence-corrected chi connectivity index (χ2v) is 3.91. The van der Waals surface area contributed by atoms with E-state index >= 15 is 0 Å². The average Bonchev–Trinajstić information content (AvgIpc) is 2.48. The van der Waals surface area contributed by atoms with Crippen LogP contribution in [-0.4, -0.2) is 64.9 Å². The highest BCUT2D eigenvalue weighted by Crippen LogP contribution is 2.14. The van der Waals surface area contributed by atoms with Crippen molar-refractivity contribution >= 4 is 23.8 Å². The van der Waals surface area contributed by atoms with Gasteiger partial charge in [-0.05, 0) is 0 Å². The van der Waals surface area contributed by atoms with Crippen molar-refractivity contribution in [1.29, 1.82) is 0 Å². The molecule has 0 saturated heterocycles. The number of esters is 3. The minimum absolute atomic E-state index is 0.320. The molecule has 0 unspecified atom stereocenters. The number of amides is 1. The summed E-state index contributed by atoms with van der Waals surface area (Å²) < 4.78 is 18.1. The summed E-state index contributed by atoms with van der Waals surface area (Å²) in [6.45, 7) is -0.320. The highest BCUT2D eigenvalue weighted by Gasteiger charge is 2.38. The van der Waals surface area contributed by atoms with Crippen molar-refractivity contribution in [2.24, 2.45) is 5.92 Å². The summed E-state index contributed by atoms with van der Waals surface area (Å²) in [5.41, 5.74) is 0. The average molecular weight is 305 g/mol. The first kappa shape index (κ1) is 18.8. The van der Waals surface area contributed by atoms with E-state index in [4.69, 9.17) is 0 Å². The van der Waals surface area contributed by atoms with Crippen LogP contribution in [0.2, 0.25) is 0 Å². The number of carbonyl (C=O) groups is 4. The Bertz CT molecular complexity index is 395. The SMILES string of the molecule is COCC(=O)N[C@@H](C(=O)OC)[C@@H](CC(=O)OC)C(=O)OC. The molecule has 0 aliphatic rings. The Labute approximate surface area is 121 Å². The van der Waals surface area contributed by atoms with Crippen LogP contribution < -0.4 is 5.32 Å². The van der Waals surface area contributed by atoms with Gasteiger partial charge in [-0.1, -0.05) is 0 Å². The Morgan fingerprint density at radius 1 is 0.905 bits per heavy atom. The number of methoxy groups -OCH3 is 4. The maximum atomic E-state index is 11.7. The molecule has 9 heteroatoms. The molecule has 21 heavy (non-hydrogen) atoms. The molecule has 1 amide bonds. The zero-order valence-electron chi connectivity index (χ0n) is 12.3. The lowest BCUT2D eigenvalue weighted by Gasteiger charge is -2.23. The lowest BCUT2D eigenvalue weighted by molar-refractivity contribution is -0.159. The van der Waals surface area contributed by atoms with E-state index in [1.54, 1.807) is 0 Å². The second-order valence-electron chi connectivity index (χ2n) is 3.91.